The monoisotopic (exact) mass is 177 g/mol. The number of carbonyl (C=O) groups is 1. The minimum absolute atomic E-state index is 0.350. The quantitative estimate of drug-likeness (QED) is 0.725. The fourth-order valence-corrected chi connectivity index (χ4v) is 1.32. The second-order valence-corrected chi connectivity index (χ2v) is 3.38. The Balaban J connectivity index is 2.47. The molecule has 0 radical (unpaired) electrons. The highest BCUT2D eigenvalue weighted by Gasteiger charge is 2.29. The molecule has 1 aliphatic carbocycles. The van der Waals surface area contributed by atoms with Crippen molar-refractivity contribution >= 4 is 5.91 Å². The number of aromatic nitrogens is 2. The zero-order valence-corrected chi connectivity index (χ0v) is 7.45. The number of rotatable bonds is 2. The molecule has 1 amide bonds. The molecular weight excluding hydrogens is 166 g/mol. The van der Waals surface area contributed by atoms with E-state index in [-0.39, 0.29) is 0 Å². The van der Waals surface area contributed by atoms with E-state index in [0.717, 1.165) is 24.2 Å². The van der Waals surface area contributed by atoms with Crippen LogP contribution in [0.25, 0.3) is 0 Å². The van der Waals surface area contributed by atoms with E-state index >= 15 is 0 Å². The second-order valence-electron chi connectivity index (χ2n) is 3.38. The first kappa shape index (κ1) is 8.16. The van der Waals surface area contributed by atoms with E-state index in [9.17, 15) is 4.79 Å². The van der Waals surface area contributed by atoms with E-state index < -0.39 is 5.91 Å². The molecule has 1 aromatic heterocycles. The Morgan fingerprint density at radius 2 is 2.31 bits per heavy atom. The Bertz CT molecular complexity index is 358. The number of aryl methyl sites for hydroxylation is 1. The van der Waals surface area contributed by atoms with E-state index in [0.29, 0.717) is 11.6 Å². The van der Waals surface area contributed by atoms with Gasteiger partial charge in [-0.15, -0.1) is 0 Å². The molecule has 2 N–H and O–H groups in total. The van der Waals surface area contributed by atoms with Gasteiger partial charge in [-0.3, -0.25) is 9.78 Å². The lowest BCUT2D eigenvalue weighted by molar-refractivity contribution is 0.0994. The molecule has 0 spiro atoms. The Morgan fingerprint density at radius 1 is 1.62 bits per heavy atom. The number of carbonyl (C=O) groups excluding carboxylic acids is 1. The maximum absolute atomic E-state index is 11.0. The molecule has 4 heteroatoms. The Kier molecular flexibility index (Phi) is 1.76. The summed E-state index contributed by atoms with van der Waals surface area (Å²) in [5, 5.41) is 0. The van der Waals surface area contributed by atoms with Gasteiger partial charge in [0.15, 0.2) is 0 Å². The van der Waals surface area contributed by atoms with Crippen LogP contribution in [0.5, 0.6) is 0 Å². The van der Waals surface area contributed by atoms with Crippen molar-refractivity contribution in [3.63, 3.8) is 0 Å². The van der Waals surface area contributed by atoms with E-state index in [1.54, 1.807) is 13.1 Å². The summed E-state index contributed by atoms with van der Waals surface area (Å²) in [5.74, 6) is -0.0614. The molecule has 68 valence electrons. The van der Waals surface area contributed by atoms with Crippen LogP contribution in [-0.4, -0.2) is 15.9 Å². The highest BCUT2D eigenvalue weighted by Crippen LogP contribution is 2.39. The minimum atomic E-state index is -0.474. The van der Waals surface area contributed by atoms with Gasteiger partial charge in [-0.2, -0.15) is 0 Å². The molecule has 0 saturated heterocycles. The summed E-state index contributed by atoms with van der Waals surface area (Å²) >= 11 is 0. The average Bonchev–Trinajstić information content (AvgIpc) is 2.87. The van der Waals surface area contributed by atoms with Crippen molar-refractivity contribution in [2.24, 2.45) is 5.73 Å². The van der Waals surface area contributed by atoms with Crippen LogP contribution in [0, 0.1) is 6.92 Å². The minimum Gasteiger partial charge on any atom is -0.364 e. The third-order valence-electron chi connectivity index (χ3n) is 2.12. The highest BCUT2D eigenvalue weighted by molar-refractivity contribution is 5.92. The van der Waals surface area contributed by atoms with Crippen LogP contribution in [0.15, 0.2) is 6.20 Å². The summed E-state index contributed by atoms with van der Waals surface area (Å²) in [7, 11) is 0. The maximum Gasteiger partial charge on any atom is 0.269 e. The van der Waals surface area contributed by atoms with Crippen LogP contribution < -0.4 is 5.73 Å². The molecule has 0 aliphatic heterocycles. The molecule has 2 rings (SSSR count). The first-order valence-electron chi connectivity index (χ1n) is 4.32. The largest absolute Gasteiger partial charge is 0.364 e. The van der Waals surface area contributed by atoms with Gasteiger partial charge in [0, 0.05) is 12.1 Å². The Hall–Kier alpha value is -1.45. The van der Waals surface area contributed by atoms with Crippen LogP contribution in [0.3, 0.4) is 0 Å². The lowest BCUT2D eigenvalue weighted by Gasteiger charge is -2.03. The third kappa shape index (κ3) is 1.52. The molecule has 1 aliphatic rings. The van der Waals surface area contributed by atoms with Gasteiger partial charge in [0.1, 0.15) is 5.69 Å². The SMILES string of the molecule is Cc1cnc(C2CC2)c(C(N)=O)n1. The van der Waals surface area contributed by atoms with E-state index in [4.69, 9.17) is 5.73 Å². The van der Waals surface area contributed by atoms with Gasteiger partial charge in [0.25, 0.3) is 5.91 Å². The molecule has 4 nitrogen and oxygen atoms in total. The maximum atomic E-state index is 11.0. The number of hydrogen-bond donors (Lipinski definition) is 1. The zero-order chi connectivity index (χ0) is 9.42. The lowest BCUT2D eigenvalue weighted by Crippen LogP contribution is -2.17. The van der Waals surface area contributed by atoms with Gasteiger partial charge < -0.3 is 5.73 Å². The van der Waals surface area contributed by atoms with Crippen molar-refractivity contribution in [3.05, 3.63) is 23.3 Å². The zero-order valence-electron chi connectivity index (χ0n) is 7.45. The molecule has 13 heavy (non-hydrogen) atoms. The van der Waals surface area contributed by atoms with Crippen molar-refractivity contribution in [2.75, 3.05) is 0 Å². The standard InChI is InChI=1S/C9H11N3O/c1-5-4-11-7(6-2-3-6)8(12-5)9(10)13/h4,6H,2-3H2,1H3,(H2,10,13). The average molecular weight is 177 g/mol. The molecule has 0 aromatic carbocycles. The van der Waals surface area contributed by atoms with Crippen LogP contribution in [-0.2, 0) is 0 Å². The van der Waals surface area contributed by atoms with Crippen LogP contribution in [0.1, 0.15) is 40.6 Å². The van der Waals surface area contributed by atoms with E-state index in [2.05, 4.69) is 9.97 Å². The second kappa shape index (κ2) is 2.80. The molecule has 1 fully saturated rings. The first-order chi connectivity index (χ1) is 6.18. The van der Waals surface area contributed by atoms with Gasteiger partial charge in [0.2, 0.25) is 0 Å². The van der Waals surface area contributed by atoms with Gasteiger partial charge in [-0.05, 0) is 19.8 Å². The fraction of sp³-hybridized carbons (Fsp3) is 0.444. The van der Waals surface area contributed by atoms with Crippen LogP contribution in [0.2, 0.25) is 0 Å². The third-order valence-corrected chi connectivity index (χ3v) is 2.12. The summed E-state index contributed by atoms with van der Waals surface area (Å²) in [5.41, 5.74) is 7.07. The van der Waals surface area contributed by atoms with Gasteiger partial charge in [0.05, 0.1) is 11.4 Å². The van der Waals surface area contributed by atoms with E-state index in [1.165, 1.54) is 0 Å². The number of hydrogen-bond acceptors (Lipinski definition) is 3. The molecular formula is C9H11N3O. The van der Waals surface area contributed by atoms with Crippen LogP contribution in [0.4, 0.5) is 0 Å². The number of primary amides is 1. The predicted molar refractivity (Wildman–Crippen MR) is 47.3 cm³/mol. The van der Waals surface area contributed by atoms with Gasteiger partial charge in [-0.1, -0.05) is 0 Å². The lowest BCUT2D eigenvalue weighted by atomic mass is 10.2. The fourth-order valence-electron chi connectivity index (χ4n) is 1.32. The topological polar surface area (TPSA) is 68.9 Å². The van der Waals surface area contributed by atoms with Crippen molar-refractivity contribution < 1.29 is 4.79 Å². The summed E-state index contributed by atoms with van der Waals surface area (Å²) in [4.78, 5) is 19.3. The molecule has 0 bridgehead atoms. The normalized spacial score (nSPS) is 15.8. The highest BCUT2D eigenvalue weighted by atomic mass is 16.1. The summed E-state index contributed by atoms with van der Waals surface area (Å²) < 4.78 is 0. The molecule has 0 atom stereocenters. The van der Waals surface area contributed by atoms with Crippen molar-refractivity contribution in [2.45, 2.75) is 25.7 Å². The Morgan fingerprint density at radius 3 is 2.85 bits per heavy atom. The number of nitrogens with two attached hydrogens (primary N) is 1. The predicted octanol–water partition coefficient (Wildman–Crippen LogP) is 0.761. The molecule has 1 aromatic rings. The molecule has 0 unspecified atom stereocenters. The number of nitrogens with zero attached hydrogens (tertiary/aromatic N) is 2. The smallest absolute Gasteiger partial charge is 0.269 e. The van der Waals surface area contributed by atoms with E-state index in [1.807, 2.05) is 0 Å². The van der Waals surface area contributed by atoms with Gasteiger partial charge >= 0.3 is 0 Å². The number of amides is 1. The van der Waals surface area contributed by atoms with Crippen molar-refractivity contribution in [3.8, 4) is 0 Å². The Labute approximate surface area is 76.2 Å². The van der Waals surface area contributed by atoms with Gasteiger partial charge in [-0.25, -0.2) is 4.98 Å². The summed E-state index contributed by atoms with van der Waals surface area (Å²) in [6, 6.07) is 0. The summed E-state index contributed by atoms with van der Waals surface area (Å²) in [6.07, 6.45) is 3.87. The van der Waals surface area contributed by atoms with Crippen molar-refractivity contribution in [1.29, 1.82) is 0 Å². The molecule has 1 saturated carbocycles. The van der Waals surface area contributed by atoms with Crippen molar-refractivity contribution in [1.82, 2.24) is 9.97 Å². The van der Waals surface area contributed by atoms with Crippen LogP contribution >= 0.6 is 0 Å². The summed E-state index contributed by atoms with van der Waals surface area (Å²) in [6.45, 7) is 1.80. The first-order valence-corrected chi connectivity index (χ1v) is 4.32. The molecule has 1 heterocycles.